The minimum absolute atomic E-state index is 0.0990. The fourth-order valence-corrected chi connectivity index (χ4v) is 5.26. The number of nitrogens with zero attached hydrogens (tertiary/aromatic N) is 2. The molecule has 10 heteroatoms. The molecule has 2 aliphatic heterocycles. The minimum atomic E-state index is -0.753. The Hall–Kier alpha value is -3.72. The number of anilines is 2. The van der Waals surface area contributed by atoms with Gasteiger partial charge in [-0.25, -0.2) is 9.69 Å². The van der Waals surface area contributed by atoms with Gasteiger partial charge in [0.05, 0.1) is 21.8 Å². The smallest absolute Gasteiger partial charge is 0.325 e. The summed E-state index contributed by atoms with van der Waals surface area (Å²) in [5.41, 5.74) is 0.512. The van der Waals surface area contributed by atoms with Crippen LogP contribution >= 0.6 is 11.6 Å². The van der Waals surface area contributed by atoms with Gasteiger partial charge in [-0.15, -0.1) is 0 Å². The Morgan fingerprint density at radius 2 is 1.66 bits per heavy atom. The first kappa shape index (κ1) is 23.0. The molecule has 0 aromatic heterocycles. The molecule has 1 saturated heterocycles. The molecule has 1 aliphatic carbocycles. The van der Waals surface area contributed by atoms with E-state index in [0.717, 1.165) is 17.7 Å². The van der Waals surface area contributed by atoms with E-state index < -0.39 is 23.4 Å². The van der Waals surface area contributed by atoms with Crippen LogP contribution in [0.1, 0.15) is 59.2 Å². The average molecular weight is 495 g/mol. The summed E-state index contributed by atoms with van der Waals surface area (Å²) in [5, 5.41) is 5.68. The van der Waals surface area contributed by atoms with E-state index in [1.807, 2.05) is 0 Å². The quantitative estimate of drug-likeness (QED) is 0.469. The van der Waals surface area contributed by atoms with Crippen LogP contribution in [0.4, 0.5) is 16.2 Å². The molecule has 2 N–H and O–H groups in total. The first-order chi connectivity index (χ1) is 16.8. The van der Waals surface area contributed by atoms with Crippen LogP contribution in [0.3, 0.4) is 0 Å². The number of nitrogens with one attached hydrogen (secondary N) is 2. The van der Waals surface area contributed by atoms with E-state index in [2.05, 4.69) is 10.6 Å². The van der Waals surface area contributed by atoms with Crippen molar-refractivity contribution < 1.29 is 24.0 Å². The predicted molar refractivity (Wildman–Crippen MR) is 128 cm³/mol. The maximum atomic E-state index is 12.7. The summed E-state index contributed by atoms with van der Waals surface area (Å²) in [4.78, 5) is 65.0. The number of hydrogen-bond acceptors (Lipinski definition) is 5. The first-order valence-electron chi connectivity index (χ1n) is 11.5. The summed E-state index contributed by atoms with van der Waals surface area (Å²) in [6, 6.07) is 10.7. The lowest BCUT2D eigenvalue weighted by Crippen LogP contribution is -2.44. The van der Waals surface area contributed by atoms with E-state index in [9.17, 15) is 24.0 Å². The number of carbonyl (C=O) groups is 5. The zero-order chi connectivity index (χ0) is 24.7. The van der Waals surface area contributed by atoms with E-state index >= 15 is 0 Å². The minimum Gasteiger partial charge on any atom is -0.326 e. The second-order valence-corrected chi connectivity index (χ2v) is 9.39. The summed E-state index contributed by atoms with van der Waals surface area (Å²) < 4.78 is 0. The number of imide groups is 2. The van der Waals surface area contributed by atoms with Crippen LogP contribution in [0.25, 0.3) is 0 Å². The van der Waals surface area contributed by atoms with Gasteiger partial charge in [0.1, 0.15) is 5.54 Å². The fraction of sp³-hybridized carbons (Fsp3) is 0.320. The summed E-state index contributed by atoms with van der Waals surface area (Å²) >= 11 is 6.36. The van der Waals surface area contributed by atoms with Crippen molar-refractivity contribution in [3.05, 3.63) is 58.6 Å². The summed E-state index contributed by atoms with van der Waals surface area (Å²) in [6.45, 7) is 0.166. The molecule has 0 bridgehead atoms. The summed E-state index contributed by atoms with van der Waals surface area (Å²) in [5.74, 6) is -1.42. The lowest BCUT2D eigenvalue weighted by Gasteiger charge is -2.20. The number of carbonyl (C=O) groups excluding carboxylic acids is 5. The molecule has 35 heavy (non-hydrogen) atoms. The van der Waals surface area contributed by atoms with Crippen molar-refractivity contribution in [2.75, 3.05) is 16.8 Å². The Morgan fingerprint density at radius 1 is 1.00 bits per heavy atom. The van der Waals surface area contributed by atoms with Gasteiger partial charge >= 0.3 is 6.03 Å². The molecule has 0 atom stereocenters. The highest BCUT2D eigenvalue weighted by Crippen LogP contribution is 2.36. The number of halogens is 1. The van der Waals surface area contributed by atoms with Crippen molar-refractivity contribution in [1.82, 2.24) is 10.2 Å². The van der Waals surface area contributed by atoms with Gasteiger partial charge in [0, 0.05) is 18.7 Å². The topological polar surface area (TPSA) is 116 Å². The molecule has 0 radical (unpaired) electrons. The maximum Gasteiger partial charge on any atom is 0.325 e. The normalized spacial score (nSPS) is 18.4. The van der Waals surface area contributed by atoms with Crippen molar-refractivity contribution >= 4 is 52.6 Å². The van der Waals surface area contributed by atoms with Gasteiger partial charge in [0.2, 0.25) is 5.91 Å². The van der Waals surface area contributed by atoms with Crippen molar-refractivity contribution in [1.29, 1.82) is 0 Å². The number of benzene rings is 2. The largest absolute Gasteiger partial charge is 0.326 e. The lowest BCUT2D eigenvalue weighted by atomic mass is 9.98. The highest BCUT2D eigenvalue weighted by atomic mass is 35.5. The Kier molecular flexibility index (Phi) is 5.80. The molecule has 0 unspecified atom stereocenters. The van der Waals surface area contributed by atoms with Crippen LogP contribution in [0.2, 0.25) is 5.02 Å². The van der Waals surface area contributed by atoms with Gasteiger partial charge in [-0.3, -0.25) is 24.1 Å². The van der Waals surface area contributed by atoms with Gasteiger partial charge in [-0.2, -0.15) is 0 Å². The molecule has 9 nitrogen and oxygen atoms in total. The summed E-state index contributed by atoms with van der Waals surface area (Å²) in [6.07, 6.45) is 3.56. The Balaban J connectivity index is 1.18. The Labute approximate surface area is 206 Å². The highest BCUT2D eigenvalue weighted by molar-refractivity contribution is 6.40. The molecule has 3 aliphatic rings. The third kappa shape index (κ3) is 3.95. The van der Waals surface area contributed by atoms with Gasteiger partial charge < -0.3 is 10.6 Å². The van der Waals surface area contributed by atoms with Gasteiger partial charge in [0.25, 0.3) is 17.7 Å². The third-order valence-electron chi connectivity index (χ3n) is 6.75. The van der Waals surface area contributed by atoms with Crippen LogP contribution < -0.4 is 15.5 Å². The number of hydrogen-bond donors (Lipinski definition) is 2. The van der Waals surface area contributed by atoms with Crippen molar-refractivity contribution in [3.8, 4) is 0 Å². The first-order valence-corrected chi connectivity index (χ1v) is 11.9. The van der Waals surface area contributed by atoms with Crippen molar-refractivity contribution in [2.45, 2.75) is 44.1 Å². The van der Waals surface area contributed by atoms with E-state index in [4.69, 9.17) is 11.6 Å². The molecule has 2 heterocycles. The van der Waals surface area contributed by atoms with Crippen molar-refractivity contribution in [2.24, 2.45) is 0 Å². The SMILES string of the molecule is O=C(CCCN1C(=O)NC2(CCCC2)C1=O)Nc1ccc(N2C(=O)c3ccccc3C2=O)c(Cl)c1. The van der Waals surface area contributed by atoms with Crippen molar-refractivity contribution in [3.63, 3.8) is 0 Å². The Morgan fingerprint density at radius 3 is 2.29 bits per heavy atom. The number of amides is 6. The molecule has 6 amide bonds. The lowest BCUT2D eigenvalue weighted by molar-refractivity contribution is -0.131. The van der Waals surface area contributed by atoms with Gasteiger partial charge in [0.15, 0.2) is 0 Å². The molecule has 2 aromatic carbocycles. The molecule has 1 saturated carbocycles. The number of urea groups is 1. The Bertz CT molecular complexity index is 1240. The zero-order valence-electron chi connectivity index (χ0n) is 18.8. The zero-order valence-corrected chi connectivity index (χ0v) is 19.6. The van der Waals surface area contributed by atoms with Gasteiger partial charge in [-0.1, -0.05) is 36.6 Å². The average Bonchev–Trinajstić information content (AvgIpc) is 3.47. The number of fused-ring (bicyclic) bond motifs is 1. The second-order valence-electron chi connectivity index (χ2n) is 8.99. The predicted octanol–water partition coefficient (Wildman–Crippen LogP) is 3.72. The van der Waals surface area contributed by atoms with E-state index in [0.29, 0.717) is 36.1 Å². The monoisotopic (exact) mass is 494 g/mol. The third-order valence-corrected chi connectivity index (χ3v) is 7.06. The maximum absolute atomic E-state index is 12.7. The van der Waals surface area contributed by atoms with Crippen LogP contribution in [0, 0.1) is 0 Å². The molecule has 5 rings (SSSR count). The van der Waals surface area contributed by atoms with E-state index in [-0.39, 0.29) is 35.5 Å². The summed E-state index contributed by atoms with van der Waals surface area (Å²) in [7, 11) is 0. The number of rotatable bonds is 6. The van der Waals surface area contributed by atoms with Crippen LogP contribution in [0.15, 0.2) is 42.5 Å². The fourth-order valence-electron chi connectivity index (χ4n) is 4.99. The van der Waals surface area contributed by atoms with E-state index in [1.54, 1.807) is 30.3 Å². The molecule has 180 valence electrons. The van der Waals surface area contributed by atoms with Crippen LogP contribution in [0.5, 0.6) is 0 Å². The molecule has 2 fully saturated rings. The molecular weight excluding hydrogens is 472 g/mol. The van der Waals surface area contributed by atoms with Crippen LogP contribution in [-0.4, -0.2) is 46.6 Å². The standard InChI is InChI=1S/C25H23ClN4O5/c26-18-14-15(9-10-19(18)30-21(32)16-6-1-2-7-17(16)22(30)33)27-20(31)8-5-13-29-23(34)25(28-24(29)35)11-3-4-12-25/h1-2,6-7,9-10,14H,3-5,8,11-13H2,(H,27,31)(H,28,35). The molecule has 1 spiro atoms. The second kappa shape index (κ2) is 8.81. The molecular formula is C25H23ClN4O5. The molecule has 2 aromatic rings. The van der Waals surface area contributed by atoms with Crippen LogP contribution in [-0.2, 0) is 9.59 Å². The van der Waals surface area contributed by atoms with E-state index in [1.165, 1.54) is 17.0 Å². The van der Waals surface area contributed by atoms with Gasteiger partial charge in [-0.05, 0) is 49.6 Å². The highest BCUT2D eigenvalue weighted by Gasteiger charge is 2.52.